The van der Waals surface area contributed by atoms with Crippen LogP contribution in [-0.4, -0.2) is 99.6 Å². The second-order valence-corrected chi connectivity index (χ2v) is 14.0. The molecule has 5 rings (SSSR count). The lowest BCUT2D eigenvalue weighted by Crippen LogP contribution is -2.59. The molecule has 1 aromatic rings. The highest BCUT2D eigenvalue weighted by atomic mass is 79.9. The van der Waals surface area contributed by atoms with Gasteiger partial charge in [0, 0.05) is 43.2 Å². The number of cyclic esters (lactones) is 1. The van der Waals surface area contributed by atoms with Crippen LogP contribution in [0.25, 0.3) is 0 Å². The van der Waals surface area contributed by atoms with Gasteiger partial charge in [-0.3, -0.25) is 19.2 Å². The molecule has 0 aromatic heterocycles. The summed E-state index contributed by atoms with van der Waals surface area (Å²) in [5, 5.41) is 9.67. The largest absolute Gasteiger partial charge is 0.455 e. The molecule has 5 bridgehead atoms. The molecule has 2 saturated heterocycles. The van der Waals surface area contributed by atoms with Crippen LogP contribution in [0.15, 0.2) is 53.0 Å². The molecule has 0 aliphatic carbocycles. The molecule has 10 nitrogen and oxygen atoms in total. The fraction of sp³-hybridized carbons (Fsp3) is 0.576. The third kappa shape index (κ3) is 5.51. The number of hydrogen-bond donors (Lipinski definition) is 1. The molecule has 7 atom stereocenters. The molecule has 4 aliphatic rings. The van der Waals surface area contributed by atoms with Gasteiger partial charge in [0.2, 0.25) is 17.7 Å². The van der Waals surface area contributed by atoms with E-state index in [1.54, 1.807) is 22.9 Å². The number of nitrogens with zero attached hydrogens (tertiary/aromatic N) is 3. The van der Waals surface area contributed by atoms with Crippen molar-refractivity contribution in [2.75, 3.05) is 26.7 Å². The first-order chi connectivity index (χ1) is 20.8. The van der Waals surface area contributed by atoms with Gasteiger partial charge >= 0.3 is 5.97 Å². The van der Waals surface area contributed by atoms with Gasteiger partial charge in [0.1, 0.15) is 29.8 Å². The Morgan fingerprint density at radius 3 is 2.41 bits per heavy atom. The third-order valence-electron chi connectivity index (χ3n) is 9.36. The Kier molecular flexibility index (Phi) is 9.13. The quantitative estimate of drug-likeness (QED) is 0.386. The monoisotopic (exact) mass is 671 g/mol. The van der Waals surface area contributed by atoms with Gasteiger partial charge in [0.05, 0.1) is 12.0 Å². The van der Waals surface area contributed by atoms with Crippen molar-refractivity contribution in [3.05, 3.63) is 58.6 Å². The number of amides is 3. The van der Waals surface area contributed by atoms with Crippen LogP contribution in [0.5, 0.6) is 0 Å². The molecule has 4 heterocycles. The molecule has 238 valence electrons. The Bertz CT molecular complexity index is 1360. The molecule has 1 spiro atoms. The number of allylic oxidation sites excluding steroid dienone is 1. The molecule has 2 fully saturated rings. The number of ether oxygens (including phenoxy) is 2. The third-order valence-corrected chi connectivity index (χ3v) is 10.0. The molecular formula is C33H42BrN3O7. The van der Waals surface area contributed by atoms with E-state index in [0.29, 0.717) is 10.9 Å². The average Bonchev–Trinajstić information content (AvgIpc) is 3.57. The Labute approximate surface area is 267 Å². The molecule has 1 N–H and O–H groups in total. The van der Waals surface area contributed by atoms with Gasteiger partial charge < -0.3 is 29.3 Å². The Morgan fingerprint density at radius 1 is 1.05 bits per heavy atom. The van der Waals surface area contributed by atoms with Crippen LogP contribution in [0.4, 0.5) is 0 Å². The van der Waals surface area contributed by atoms with Crippen LogP contribution in [0, 0.1) is 11.8 Å². The number of carbonyl (C=O) groups is 4. The van der Waals surface area contributed by atoms with Gasteiger partial charge in [-0.05, 0) is 52.2 Å². The fourth-order valence-corrected chi connectivity index (χ4v) is 7.73. The maximum Gasteiger partial charge on any atom is 0.313 e. The molecule has 44 heavy (non-hydrogen) atoms. The summed E-state index contributed by atoms with van der Waals surface area (Å²) in [6.07, 6.45) is 4.93. The van der Waals surface area contributed by atoms with Gasteiger partial charge in [-0.2, -0.15) is 0 Å². The molecule has 3 amide bonds. The van der Waals surface area contributed by atoms with E-state index in [2.05, 4.69) is 15.9 Å². The van der Waals surface area contributed by atoms with E-state index >= 15 is 0 Å². The second kappa shape index (κ2) is 12.4. The Hall–Kier alpha value is -3.02. The number of esters is 1. The topological polar surface area (TPSA) is 117 Å². The zero-order valence-electron chi connectivity index (χ0n) is 25.9. The Morgan fingerprint density at radius 2 is 1.75 bits per heavy atom. The van der Waals surface area contributed by atoms with E-state index in [1.807, 2.05) is 70.2 Å². The van der Waals surface area contributed by atoms with E-state index in [-0.39, 0.29) is 50.3 Å². The van der Waals surface area contributed by atoms with Crippen LogP contribution >= 0.6 is 15.9 Å². The van der Waals surface area contributed by atoms with Crippen molar-refractivity contribution < 1.29 is 33.8 Å². The van der Waals surface area contributed by atoms with E-state index in [4.69, 9.17) is 9.47 Å². The molecule has 0 saturated carbocycles. The number of carbonyl (C=O) groups excluding carboxylic acids is 4. The minimum atomic E-state index is -1.39. The maximum atomic E-state index is 14.6. The van der Waals surface area contributed by atoms with Crippen molar-refractivity contribution in [2.45, 2.75) is 82.4 Å². The lowest BCUT2D eigenvalue weighted by molar-refractivity contribution is -0.164. The highest BCUT2D eigenvalue weighted by molar-refractivity contribution is 9.11. The summed E-state index contributed by atoms with van der Waals surface area (Å²) >= 11 is 3.58. The summed E-state index contributed by atoms with van der Waals surface area (Å²) in [6, 6.07) is 7.70. The number of rotatable bonds is 4. The number of likely N-dealkylation sites (tertiary alicyclic amines) is 1. The van der Waals surface area contributed by atoms with Gasteiger partial charge in [0.25, 0.3) is 0 Å². The van der Waals surface area contributed by atoms with E-state index in [9.17, 15) is 24.3 Å². The van der Waals surface area contributed by atoms with Gasteiger partial charge in [-0.15, -0.1) is 0 Å². The minimum Gasteiger partial charge on any atom is -0.455 e. The zero-order valence-corrected chi connectivity index (χ0v) is 27.5. The standard InChI is InChI=1S/C33H42BrN3O7/c1-20-26(21-13-8-6-9-14-21)43-31(42)24-25-29(40)36(16-12-18-38)28(33(25)19-22(34)27(24)44-33)30(41)37(32(2,3)4)17-11-7-10-15-23(39)35(20)5/h6-9,11,13-14,19-20,24-28,38H,10,12,15-18H2,1-5H3/b11-7-/t20-,24+,25-,26+,27+,28+,33-/m1/s1. The van der Waals surface area contributed by atoms with Crippen molar-refractivity contribution in [3.63, 3.8) is 0 Å². The van der Waals surface area contributed by atoms with Crippen molar-refractivity contribution in [1.29, 1.82) is 0 Å². The summed E-state index contributed by atoms with van der Waals surface area (Å²) in [7, 11) is 1.70. The van der Waals surface area contributed by atoms with Crippen molar-refractivity contribution in [2.24, 2.45) is 11.8 Å². The predicted octanol–water partition coefficient (Wildman–Crippen LogP) is 3.35. The molecule has 4 aliphatic heterocycles. The smallest absolute Gasteiger partial charge is 0.313 e. The van der Waals surface area contributed by atoms with Crippen LogP contribution in [0.2, 0.25) is 0 Å². The summed E-state index contributed by atoms with van der Waals surface area (Å²) in [4.78, 5) is 61.1. The molecule has 0 unspecified atom stereocenters. The lowest BCUT2D eigenvalue weighted by atomic mass is 9.74. The predicted molar refractivity (Wildman–Crippen MR) is 166 cm³/mol. The van der Waals surface area contributed by atoms with Crippen molar-refractivity contribution in [1.82, 2.24) is 14.7 Å². The van der Waals surface area contributed by atoms with Crippen molar-refractivity contribution in [3.8, 4) is 0 Å². The highest BCUT2D eigenvalue weighted by Gasteiger charge is 2.75. The number of aliphatic hydroxyl groups excluding tert-OH is 1. The Balaban J connectivity index is 1.63. The minimum absolute atomic E-state index is 0.103. The lowest BCUT2D eigenvalue weighted by Gasteiger charge is -2.41. The number of benzene rings is 1. The van der Waals surface area contributed by atoms with Gasteiger partial charge in [-0.25, -0.2) is 0 Å². The summed E-state index contributed by atoms with van der Waals surface area (Å²) in [5.41, 5.74) is -1.29. The maximum absolute atomic E-state index is 14.6. The van der Waals surface area contributed by atoms with Crippen LogP contribution < -0.4 is 0 Å². The molecule has 1 aromatic carbocycles. The number of hydrogen-bond acceptors (Lipinski definition) is 7. The first-order valence-corrected chi connectivity index (χ1v) is 16.1. The number of likely N-dealkylation sites (N-methyl/N-ethyl adjacent to an activating group) is 1. The number of aliphatic hydroxyl groups is 1. The van der Waals surface area contributed by atoms with E-state index < -0.39 is 53.2 Å². The fourth-order valence-electron chi connectivity index (χ4n) is 6.99. The highest BCUT2D eigenvalue weighted by Crippen LogP contribution is 2.59. The van der Waals surface area contributed by atoms with E-state index in [1.165, 1.54) is 4.90 Å². The molecule has 11 heteroatoms. The summed E-state index contributed by atoms with van der Waals surface area (Å²) < 4.78 is 13.4. The summed E-state index contributed by atoms with van der Waals surface area (Å²) in [5.74, 6) is -3.43. The van der Waals surface area contributed by atoms with Crippen molar-refractivity contribution >= 4 is 39.6 Å². The zero-order chi connectivity index (χ0) is 32.0. The second-order valence-electron chi connectivity index (χ2n) is 13.1. The van der Waals surface area contributed by atoms with Crippen LogP contribution in [-0.2, 0) is 28.7 Å². The molecule has 0 radical (unpaired) electrons. The first-order valence-electron chi connectivity index (χ1n) is 15.3. The van der Waals surface area contributed by atoms with E-state index in [0.717, 1.165) is 5.56 Å². The number of halogens is 1. The first kappa shape index (κ1) is 32.4. The molecular weight excluding hydrogens is 630 g/mol. The van der Waals surface area contributed by atoms with Gasteiger partial charge in [0.15, 0.2) is 0 Å². The van der Waals surface area contributed by atoms with Crippen LogP contribution in [0.3, 0.4) is 0 Å². The normalized spacial score (nSPS) is 33.9. The van der Waals surface area contributed by atoms with Gasteiger partial charge in [-0.1, -0.05) is 58.4 Å². The SMILES string of the molecule is C[C@@H]1[C@@H](c2ccccc2)OC(=O)[C@@H]2[C@H]3O[C@@]4(C=C3Br)[C@H](C(=O)N(C(C)(C)C)C/C=C\CCC(=O)N1C)N(CCCO)C(=O)[C@@H]24. The average molecular weight is 673 g/mol. The summed E-state index contributed by atoms with van der Waals surface area (Å²) in [6.45, 7) is 7.85. The number of fused-ring (bicyclic) bond motifs is 2. The van der Waals surface area contributed by atoms with Crippen LogP contribution in [0.1, 0.15) is 58.6 Å².